The summed E-state index contributed by atoms with van der Waals surface area (Å²) < 4.78 is 0. The minimum absolute atomic E-state index is 0. The van der Waals surface area contributed by atoms with Crippen molar-refractivity contribution in [3.8, 4) is 0 Å². The Kier molecular flexibility index (Phi) is 499. The quantitative estimate of drug-likeness (QED) is 0.429. The largest absolute Gasteiger partial charge is 2.00 e. The van der Waals surface area contributed by atoms with Crippen LogP contribution in [0, 0.1) is 23.7 Å². The molecule has 0 heterocycles. The van der Waals surface area contributed by atoms with Gasteiger partial charge in [-0.15, -0.1) is 0 Å². The van der Waals surface area contributed by atoms with Crippen molar-refractivity contribution in [2.45, 2.75) is 0 Å². The molecule has 0 saturated heterocycles. The van der Waals surface area contributed by atoms with Crippen molar-refractivity contribution in [2.75, 3.05) is 0 Å². The Labute approximate surface area is 91.9 Å². The molecule has 0 aromatic rings. The van der Waals surface area contributed by atoms with Crippen LogP contribution in [0.4, 0.5) is 0 Å². The van der Waals surface area contributed by atoms with Gasteiger partial charge < -0.3 is 23.7 Å². The number of nitrogens with zero attached hydrogens (tertiary/aromatic N) is 2. The van der Waals surface area contributed by atoms with Crippen LogP contribution in [-0.4, -0.2) is 48.9 Å². The summed E-state index contributed by atoms with van der Waals surface area (Å²) in [5.74, 6) is 0. The number of hydrogen-bond acceptors (Lipinski definition) is 2. The zero-order chi connectivity index (χ0) is 4.00. The number of hydrogen-bond donors (Lipinski definition) is 0. The maximum Gasteiger partial charge on any atom is 2.00 e. The molecule has 30 valence electrons. The first kappa shape index (κ1) is 26.9. The standard InChI is InChI=1S/2CN.Ba.Pt/c2*1-2;;/q2*-1;;+2. The first-order valence-electron chi connectivity index (χ1n) is 0.447. The van der Waals surface area contributed by atoms with E-state index in [2.05, 4.69) is 0 Å². The second kappa shape index (κ2) is 111. The molecule has 0 rings (SSSR count). The maximum absolute atomic E-state index is 6.25. The van der Waals surface area contributed by atoms with Gasteiger partial charge in [0.2, 0.25) is 0 Å². The van der Waals surface area contributed by atoms with E-state index in [-0.39, 0.29) is 69.9 Å². The molecule has 0 bridgehead atoms. The fourth-order valence-corrected chi connectivity index (χ4v) is 0. The summed E-state index contributed by atoms with van der Waals surface area (Å²) in [5.41, 5.74) is 0. The van der Waals surface area contributed by atoms with Crippen LogP contribution in [0.25, 0.3) is 0 Å². The predicted octanol–water partition coefficient (Wildman–Crippen LogP) is -0.191. The van der Waals surface area contributed by atoms with Crippen molar-refractivity contribution >= 4 is 48.9 Å². The smallest absolute Gasteiger partial charge is 0.512 e. The van der Waals surface area contributed by atoms with Crippen LogP contribution in [0.1, 0.15) is 0 Å². The molecule has 0 aromatic heterocycles. The Balaban J connectivity index is -0.00000000500. The molecule has 0 aromatic carbocycles. The van der Waals surface area contributed by atoms with E-state index in [0.717, 1.165) is 0 Å². The van der Waals surface area contributed by atoms with Gasteiger partial charge >= 0.3 is 21.1 Å². The first-order chi connectivity index (χ1) is 2.00. The second-order valence-corrected chi connectivity index (χ2v) is 0. The molecule has 0 aliphatic carbocycles. The summed E-state index contributed by atoms with van der Waals surface area (Å²) in [7, 11) is 0. The van der Waals surface area contributed by atoms with Crippen LogP contribution >= 0.6 is 0 Å². The molecule has 2 nitrogen and oxygen atoms in total. The van der Waals surface area contributed by atoms with Crippen LogP contribution in [0.2, 0.25) is 0 Å². The number of rotatable bonds is 0. The van der Waals surface area contributed by atoms with Gasteiger partial charge in [0.1, 0.15) is 0 Å². The first-order valence-corrected chi connectivity index (χ1v) is 0.447. The molecule has 0 amide bonds. The Hall–Kier alpha value is 1.24. The minimum atomic E-state index is 0. The third-order valence-electron chi connectivity index (χ3n) is 0. The van der Waals surface area contributed by atoms with Gasteiger partial charge in [0.05, 0.1) is 0 Å². The van der Waals surface area contributed by atoms with E-state index in [1.54, 1.807) is 0 Å². The van der Waals surface area contributed by atoms with E-state index >= 15 is 0 Å². The minimum Gasteiger partial charge on any atom is -0.512 e. The molecule has 0 fully saturated rings. The summed E-state index contributed by atoms with van der Waals surface area (Å²) in [5, 5.41) is 12.5. The summed E-state index contributed by atoms with van der Waals surface area (Å²) >= 11 is 0. The van der Waals surface area contributed by atoms with Crippen LogP contribution in [0.15, 0.2) is 0 Å². The van der Waals surface area contributed by atoms with Crippen LogP contribution in [0.3, 0.4) is 0 Å². The Bertz CT molecular complexity index is 27.0. The summed E-state index contributed by atoms with van der Waals surface area (Å²) in [6.07, 6.45) is 0. The van der Waals surface area contributed by atoms with Crippen molar-refractivity contribution < 1.29 is 21.1 Å². The van der Waals surface area contributed by atoms with Crippen LogP contribution in [-0.2, 0) is 21.1 Å². The normalized spacial score (nSPS) is 0.667. The average Bonchev–Trinajstić information content (AvgIpc) is 1.50. The maximum atomic E-state index is 6.25. The molecule has 0 spiro atoms. The SMILES string of the molecule is [Ba].[C-]#N.[C-]#N.[Pt+2]. The van der Waals surface area contributed by atoms with Gasteiger partial charge in [-0.2, -0.15) is 0 Å². The van der Waals surface area contributed by atoms with E-state index in [9.17, 15) is 0 Å². The summed E-state index contributed by atoms with van der Waals surface area (Å²) in [6, 6.07) is 0. The van der Waals surface area contributed by atoms with E-state index in [4.69, 9.17) is 23.7 Å². The van der Waals surface area contributed by atoms with Crippen LogP contribution in [0.5, 0.6) is 0 Å². The molecule has 0 saturated carbocycles. The molecular formula is C2BaN2Pt. The second-order valence-electron chi connectivity index (χ2n) is 0. The van der Waals surface area contributed by atoms with Crippen molar-refractivity contribution in [1.29, 1.82) is 10.5 Å². The predicted molar refractivity (Wildman–Crippen MR) is 15.7 cm³/mol. The van der Waals surface area contributed by atoms with Gasteiger partial charge in [-0.1, -0.05) is 0 Å². The molecular weight excluding hydrogens is 384 g/mol. The van der Waals surface area contributed by atoms with Gasteiger partial charge in [-0.05, 0) is 0 Å². The fourth-order valence-electron chi connectivity index (χ4n) is 0. The zero-order valence-corrected chi connectivity index (χ0v) is 9.63. The monoisotopic (exact) mass is 385 g/mol. The van der Waals surface area contributed by atoms with E-state index < -0.39 is 0 Å². The molecule has 0 N–H and O–H groups in total. The molecule has 6 heavy (non-hydrogen) atoms. The average molecular weight is 384 g/mol. The Morgan fingerprint density at radius 1 is 0.833 bits per heavy atom. The van der Waals surface area contributed by atoms with Crippen molar-refractivity contribution in [1.82, 2.24) is 0 Å². The van der Waals surface area contributed by atoms with Crippen molar-refractivity contribution in [2.24, 2.45) is 0 Å². The van der Waals surface area contributed by atoms with Gasteiger partial charge in [0.15, 0.2) is 0 Å². The molecule has 0 unspecified atom stereocenters. The Morgan fingerprint density at radius 2 is 0.833 bits per heavy atom. The van der Waals surface area contributed by atoms with Gasteiger partial charge in [-0.25, -0.2) is 0 Å². The van der Waals surface area contributed by atoms with Crippen molar-refractivity contribution in [3.63, 3.8) is 0 Å². The fraction of sp³-hybridized carbons (Fsp3) is 0. The molecule has 4 heteroatoms. The third kappa shape index (κ3) is 61.3. The summed E-state index contributed by atoms with van der Waals surface area (Å²) in [6.45, 7) is 9.50. The van der Waals surface area contributed by atoms with E-state index in [0.29, 0.717) is 0 Å². The van der Waals surface area contributed by atoms with E-state index in [1.807, 2.05) is 0 Å². The zero-order valence-electron chi connectivity index (χ0n) is 2.92. The van der Waals surface area contributed by atoms with E-state index in [1.165, 1.54) is 0 Å². The molecule has 0 atom stereocenters. The van der Waals surface area contributed by atoms with Gasteiger partial charge in [-0.3, -0.25) is 0 Å². The van der Waals surface area contributed by atoms with Crippen molar-refractivity contribution in [3.05, 3.63) is 13.1 Å². The topological polar surface area (TPSA) is 47.6 Å². The molecule has 2 radical (unpaired) electrons. The van der Waals surface area contributed by atoms with Crippen LogP contribution < -0.4 is 0 Å². The third-order valence-corrected chi connectivity index (χ3v) is 0. The Morgan fingerprint density at radius 3 is 0.833 bits per heavy atom. The van der Waals surface area contributed by atoms with Gasteiger partial charge in [0.25, 0.3) is 0 Å². The summed E-state index contributed by atoms with van der Waals surface area (Å²) in [4.78, 5) is 0. The molecule has 0 aliphatic rings. The van der Waals surface area contributed by atoms with Gasteiger partial charge in [0, 0.05) is 48.9 Å². The molecule has 0 aliphatic heterocycles.